The molecule has 0 radical (unpaired) electrons. The quantitative estimate of drug-likeness (QED) is 0.658. The van der Waals surface area contributed by atoms with Crippen molar-refractivity contribution < 1.29 is 4.39 Å². The van der Waals surface area contributed by atoms with Crippen molar-refractivity contribution in [3.05, 3.63) is 0 Å². The summed E-state index contributed by atoms with van der Waals surface area (Å²) in [4.78, 5) is 0. The van der Waals surface area contributed by atoms with Crippen molar-refractivity contribution in [3.8, 4) is 0 Å². The second-order valence-electron chi connectivity index (χ2n) is 2.72. The van der Waals surface area contributed by atoms with E-state index >= 15 is 0 Å². The first-order chi connectivity index (χ1) is 4.84. The Morgan fingerprint density at radius 2 is 2.50 bits per heavy atom. The number of thioether (sulfide) groups is 1. The van der Waals surface area contributed by atoms with Crippen LogP contribution in [-0.4, -0.2) is 31.3 Å². The fraction of sp³-hybridized carbons (Fsp3) is 1.00. The maximum Gasteiger partial charge on any atom is 0.106 e. The number of alkyl halides is 1. The van der Waals surface area contributed by atoms with Gasteiger partial charge in [0.2, 0.25) is 0 Å². The van der Waals surface area contributed by atoms with Gasteiger partial charge in [0.25, 0.3) is 0 Å². The molecular weight excluding hydrogens is 149 g/mol. The molecule has 1 nitrogen and oxygen atoms in total. The first-order valence-electron chi connectivity index (χ1n) is 3.68. The summed E-state index contributed by atoms with van der Waals surface area (Å²) in [5.41, 5.74) is 0. The molecule has 10 heavy (non-hydrogen) atoms. The third-order valence-corrected chi connectivity index (χ3v) is 2.66. The van der Waals surface area contributed by atoms with E-state index in [1.165, 1.54) is 0 Å². The Labute approximate surface area is 65.8 Å². The Balaban J connectivity index is 2.25. The summed E-state index contributed by atoms with van der Waals surface area (Å²) in [6.45, 7) is 1.72. The predicted octanol–water partition coefficient (Wildman–Crippen LogP) is 1.30. The lowest BCUT2D eigenvalue weighted by molar-refractivity contribution is 0.195. The van der Waals surface area contributed by atoms with Crippen LogP contribution in [0.1, 0.15) is 6.42 Å². The highest BCUT2D eigenvalue weighted by molar-refractivity contribution is 7.98. The molecule has 0 aromatic heterocycles. The van der Waals surface area contributed by atoms with Gasteiger partial charge in [-0.05, 0) is 25.0 Å². The molecule has 2 unspecified atom stereocenters. The molecule has 0 aliphatic carbocycles. The SMILES string of the molecule is CSCC1CNCCC1F. The Hall–Kier alpha value is 0.240. The molecule has 1 N–H and O–H groups in total. The van der Waals surface area contributed by atoms with Crippen molar-refractivity contribution in [1.29, 1.82) is 0 Å². The number of halogens is 1. The number of rotatable bonds is 2. The van der Waals surface area contributed by atoms with Gasteiger partial charge in [0.15, 0.2) is 0 Å². The molecule has 0 aromatic carbocycles. The highest BCUT2D eigenvalue weighted by Gasteiger charge is 2.23. The van der Waals surface area contributed by atoms with Crippen LogP contribution in [-0.2, 0) is 0 Å². The van der Waals surface area contributed by atoms with Crippen molar-refractivity contribution in [1.82, 2.24) is 5.32 Å². The van der Waals surface area contributed by atoms with Gasteiger partial charge >= 0.3 is 0 Å². The summed E-state index contributed by atoms with van der Waals surface area (Å²) in [7, 11) is 0. The minimum atomic E-state index is -0.561. The first kappa shape index (κ1) is 8.34. The molecule has 1 saturated heterocycles. The van der Waals surface area contributed by atoms with Gasteiger partial charge < -0.3 is 5.32 Å². The van der Waals surface area contributed by atoms with E-state index in [-0.39, 0.29) is 5.92 Å². The van der Waals surface area contributed by atoms with Gasteiger partial charge in [-0.15, -0.1) is 0 Å². The van der Waals surface area contributed by atoms with Crippen LogP contribution in [0.25, 0.3) is 0 Å². The molecule has 0 aromatic rings. The average Bonchev–Trinajstić information content (AvgIpc) is 1.94. The fourth-order valence-electron chi connectivity index (χ4n) is 1.27. The van der Waals surface area contributed by atoms with Crippen molar-refractivity contribution in [2.75, 3.05) is 25.1 Å². The summed E-state index contributed by atoms with van der Waals surface area (Å²) in [6.07, 6.45) is 2.17. The van der Waals surface area contributed by atoms with Gasteiger partial charge in [-0.3, -0.25) is 0 Å². The third kappa shape index (κ3) is 2.13. The number of piperidine rings is 1. The van der Waals surface area contributed by atoms with Crippen LogP contribution in [0.4, 0.5) is 4.39 Å². The molecule has 1 rings (SSSR count). The normalized spacial score (nSPS) is 34.2. The van der Waals surface area contributed by atoms with Gasteiger partial charge in [-0.25, -0.2) is 4.39 Å². The zero-order valence-electron chi connectivity index (χ0n) is 6.27. The van der Waals surface area contributed by atoms with E-state index in [0.717, 1.165) is 18.8 Å². The highest BCUT2D eigenvalue weighted by atomic mass is 32.2. The summed E-state index contributed by atoms with van der Waals surface area (Å²) in [5.74, 6) is 1.21. The van der Waals surface area contributed by atoms with E-state index in [0.29, 0.717) is 6.42 Å². The topological polar surface area (TPSA) is 12.0 Å². The van der Waals surface area contributed by atoms with Gasteiger partial charge in [-0.2, -0.15) is 11.8 Å². The smallest absolute Gasteiger partial charge is 0.106 e. The van der Waals surface area contributed by atoms with Crippen molar-refractivity contribution >= 4 is 11.8 Å². The third-order valence-electron chi connectivity index (χ3n) is 1.90. The largest absolute Gasteiger partial charge is 0.316 e. The fourth-order valence-corrected chi connectivity index (χ4v) is 2.02. The zero-order chi connectivity index (χ0) is 7.40. The summed E-state index contributed by atoms with van der Waals surface area (Å²) >= 11 is 1.73. The lowest BCUT2D eigenvalue weighted by atomic mass is 10.00. The van der Waals surface area contributed by atoms with E-state index in [9.17, 15) is 4.39 Å². The van der Waals surface area contributed by atoms with E-state index in [1.54, 1.807) is 11.8 Å². The summed E-state index contributed by atoms with van der Waals surface area (Å²) < 4.78 is 13.0. The maximum atomic E-state index is 13.0. The monoisotopic (exact) mass is 163 g/mol. The van der Waals surface area contributed by atoms with Gasteiger partial charge in [0.05, 0.1) is 0 Å². The van der Waals surface area contributed by atoms with Crippen LogP contribution >= 0.6 is 11.8 Å². The number of hydrogen-bond donors (Lipinski definition) is 1. The molecule has 0 spiro atoms. The van der Waals surface area contributed by atoms with Crippen LogP contribution in [0.3, 0.4) is 0 Å². The minimum absolute atomic E-state index is 0.253. The minimum Gasteiger partial charge on any atom is -0.316 e. The molecule has 3 heteroatoms. The van der Waals surface area contributed by atoms with Crippen molar-refractivity contribution in [2.45, 2.75) is 12.6 Å². The van der Waals surface area contributed by atoms with Crippen LogP contribution in [0.15, 0.2) is 0 Å². The molecule has 0 saturated carbocycles. The average molecular weight is 163 g/mol. The lowest BCUT2D eigenvalue weighted by Crippen LogP contribution is -2.38. The summed E-state index contributed by atoms with van der Waals surface area (Å²) in [5, 5.41) is 3.20. The van der Waals surface area contributed by atoms with Crippen LogP contribution in [0.5, 0.6) is 0 Å². The van der Waals surface area contributed by atoms with E-state index in [1.807, 2.05) is 6.26 Å². The van der Waals surface area contributed by atoms with Crippen molar-refractivity contribution in [2.24, 2.45) is 5.92 Å². The zero-order valence-corrected chi connectivity index (χ0v) is 7.09. The molecule has 1 aliphatic heterocycles. The second-order valence-corrected chi connectivity index (χ2v) is 3.63. The molecule has 60 valence electrons. The maximum absolute atomic E-state index is 13.0. The van der Waals surface area contributed by atoms with Gasteiger partial charge in [-0.1, -0.05) is 0 Å². The Morgan fingerprint density at radius 1 is 1.70 bits per heavy atom. The Bertz CT molecular complexity index is 97.6. The Kier molecular flexibility index (Phi) is 3.49. The molecular formula is C7H14FNS. The van der Waals surface area contributed by atoms with Crippen LogP contribution in [0, 0.1) is 5.92 Å². The number of hydrogen-bond acceptors (Lipinski definition) is 2. The van der Waals surface area contributed by atoms with Gasteiger partial charge in [0.1, 0.15) is 6.17 Å². The molecule has 0 bridgehead atoms. The van der Waals surface area contributed by atoms with Crippen molar-refractivity contribution in [3.63, 3.8) is 0 Å². The predicted molar refractivity (Wildman–Crippen MR) is 44.3 cm³/mol. The van der Waals surface area contributed by atoms with Crippen LogP contribution < -0.4 is 5.32 Å². The second kappa shape index (κ2) is 4.19. The molecule has 1 aliphatic rings. The van der Waals surface area contributed by atoms with E-state index in [4.69, 9.17) is 0 Å². The highest BCUT2D eigenvalue weighted by Crippen LogP contribution is 2.18. The van der Waals surface area contributed by atoms with Crippen LogP contribution in [0.2, 0.25) is 0 Å². The standard InChI is InChI=1S/C7H14FNS/c1-10-5-6-4-9-3-2-7(6)8/h6-7,9H,2-5H2,1H3. The molecule has 1 fully saturated rings. The first-order valence-corrected chi connectivity index (χ1v) is 5.07. The van der Waals surface area contributed by atoms with E-state index < -0.39 is 6.17 Å². The summed E-state index contributed by atoms with van der Waals surface area (Å²) in [6, 6.07) is 0. The lowest BCUT2D eigenvalue weighted by Gasteiger charge is -2.25. The molecule has 0 amide bonds. The van der Waals surface area contributed by atoms with Gasteiger partial charge in [0, 0.05) is 12.5 Å². The van der Waals surface area contributed by atoms with E-state index in [2.05, 4.69) is 5.32 Å². The molecule has 2 atom stereocenters. The molecule has 1 heterocycles. The number of nitrogens with one attached hydrogen (secondary N) is 1. The Morgan fingerprint density at radius 3 is 3.10 bits per heavy atom.